The molecule has 1 aromatic rings. The van der Waals surface area contributed by atoms with Gasteiger partial charge >= 0.3 is 0 Å². The topological polar surface area (TPSA) is 23.5 Å². The maximum Gasteiger partial charge on any atom is 0.0702 e. The summed E-state index contributed by atoms with van der Waals surface area (Å²) in [5.41, 5.74) is 1.92. The Kier molecular flexibility index (Phi) is 4.52. The van der Waals surface area contributed by atoms with E-state index in [9.17, 15) is 5.11 Å². The summed E-state index contributed by atoms with van der Waals surface area (Å²) in [6.45, 7) is 2.36. The van der Waals surface area contributed by atoms with E-state index in [2.05, 4.69) is 18.9 Å². The zero-order valence-corrected chi connectivity index (χ0v) is 12.0. The Hall–Kier alpha value is -0.730. The Morgan fingerprint density at radius 3 is 2.72 bits per heavy atom. The number of benzene rings is 1. The van der Waals surface area contributed by atoms with Crippen molar-refractivity contribution < 1.29 is 5.11 Å². The number of hydrogen-bond donors (Lipinski definition) is 1. The summed E-state index contributed by atoms with van der Waals surface area (Å²) in [6.07, 6.45) is 5.13. The lowest BCUT2D eigenvalue weighted by Gasteiger charge is -2.38. The van der Waals surface area contributed by atoms with Crippen molar-refractivity contribution in [3.8, 4) is 0 Å². The Bertz CT molecular complexity index is 407. The quantitative estimate of drug-likeness (QED) is 0.899. The van der Waals surface area contributed by atoms with Crippen molar-refractivity contribution in [1.82, 2.24) is 0 Å². The summed E-state index contributed by atoms with van der Waals surface area (Å²) in [5.74, 6) is 0.687. The molecule has 2 rings (SSSR count). The second-order valence-corrected chi connectivity index (χ2v) is 5.75. The predicted octanol–water partition coefficient (Wildman–Crippen LogP) is 3.85. The van der Waals surface area contributed by atoms with E-state index in [0.717, 1.165) is 16.3 Å². The SMILES string of the molecule is CC1CCCCC1N(C)c1c(Cl)cccc1CO. The molecule has 0 spiro atoms. The highest BCUT2D eigenvalue weighted by molar-refractivity contribution is 6.33. The molecule has 1 aliphatic rings. The maximum absolute atomic E-state index is 9.47. The van der Waals surface area contributed by atoms with Crippen LogP contribution in [0.15, 0.2) is 18.2 Å². The first-order valence-electron chi connectivity index (χ1n) is 6.76. The van der Waals surface area contributed by atoms with Crippen LogP contribution in [-0.4, -0.2) is 18.2 Å². The van der Waals surface area contributed by atoms with E-state index in [1.54, 1.807) is 0 Å². The van der Waals surface area contributed by atoms with Crippen molar-refractivity contribution in [2.45, 2.75) is 45.3 Å². The smallest absolute Gasteiger partial charge is 0.0702 e. The van der Waals surface area contributed by atoms with Crippen molar-refractivity contribution in [2.75, 3.05) is 11.9 Å². The number of para-hydroxylation sites is 1. The summed E-state index contributed by atoms with van der Waals surface area (Å²) in [6, 6.07) is 6.28. The van der Waals surface area contributed by atoms with Gasteiger partial charge in [-0.2, -0.15) is 0 Å². The highest BCUT2D eigenvalue weighted by atomic mass is 35.5. The van der Waals surface area contributed by atoms with Crippen LogP contribution in [0.4, 0.5) is 5.69 Å². The molecule has 100 valence electrons. The Labute approximate surface area is 115 Å². The highest BCUT2D eigenvalue weighted by Crippen LogP contribution is 2.36. The van der Waals surface area contributed by atoms with Gasteiger partial charge in [0.2, 0.25) is 0 Å². The summed E-state index contributed by atoms with van der Waals surface area (Å²) in [4.78, 5) is 2.28. The molecule has 0 bridgehead atoms. The van der Waals surface area contributed by atoms with Gasteiger partial charge in [-0.05, 0) is 24.8 Å². The van der Waals surface area contributed by atoms with Gasteiger partial charge in [-0.3, -0.25) is 0 Å². The Balaban J connectivity index is 2.29. The van der Waals surface area contributed by atoms with Gasteiger partial charge < -0.3 is 10.0 Å². The van der Waals surface area contributed by atoms with Crippen LogP contribution in [0, 0.1) is 5.92 Å². The second kappa shape index (κ2) is 5.94. The molecule has 2 atom stereocenters. The fourth-order valence-corrected chi connectivity index (χ4v) is 3.45. The number of rotatable bonds is 3. The molecule has 1 aromatic carbocycles. The zero-order chi connectivity index (χ0) is 13.1. The molecule has 1 saturated carbocycles. The minimum Gasteiger partial charge on any atom is -0.392 e. The summed E-state index contributed by atoms with van der Waals surface area (Å²) in [7, 11) is 2.10. The largest absolute Gasteiger partial charge is 0.392 e. The fraction of sp³-hybridized carbons (Fsp3) is 0.600. The summed E-state index contributed by atoms with van der Waals surface area (Å²) >= 11 is 6.32. The Morgan fingerprint density at radius 1 is 1.33 bits per heavy atom. The molecule has 2 unspecified atom stereocenters. The van der Waals surface area contributed by atoms with Gasteiger partial charge in [0.25, 0.3) is 0 Å². The van der Waals surface area contributed by atoms with Crippen LogP contribution in [0.25, 0.3) is 0 Å². The predicted molar refractivity (Wildman–Crippen MR) is 77.2 cm³/mol. The first kappa shape index (κ1) is 13.7. The molecule has 1 N–H and O–H groups in total. The van der Waals surface area contributed by atoms with Gasteiger partial charge in [-0.25, -0.2) is 0 Å². The normalized spacial score (nSPS) is 24.0. The molecule has 1 aliphatic carbocycles. The van der Waals surface area contributed by atoms with Crippen LogP contribution in [0.1, 0.15) is 38.2 Å². The van der Waals surface area contributed by atoms with E-state index < -0.39 is 0 Å². The highest BCUT2D eigenvalue weighted by Gasteiger charge is 2.27. The van der Waals surface area contributed by atoms with Crippen molar-refractivity contribution in [2.24, 2.45) is 5.92 Å². The van der Waals surface area contributed by atoms with Gasteiger partial charge in [0, 0.05) is 18.7 Å². The van der Waals surface area contributed by atoms with Crippen LogP contribution in [0.3, 0.4) is 0 Å². The molecule has 0 amide bonds. The van der Waals surface area contributed by atoms with E-state index in [-0.39, 0.29) is 6.61 Å². The first-order valence-corrected chi connectivity index (χ1v) is 7.14. The molecule has 0 aromatic heterocycles. The summed E-state index contributed by atoms with van der Waals surface area (Å²) < 4.78 is 0. The van der Waals surface area contributed by atoms with Crippen LogP contribution in [0.2, 0.25) is 5.02 Å². The van der Waals surface area contributed by atoms with E-state index in [0.29, 0.717) is 12.0 Å². The van der Waals surface area contributed by atoms with Crippen molar-refractivity contribution in [3.63, 3.8) is 0 Å². The molecule has 0 heterocycles. The number of aliphatic hydroxyl groups excluding tert-OH is 1. The first-order chi connectivity index (χ1) is 8.65. The molecule has 0 aliphatic heterocycles. The lowest BCUT2D eigenvalue weighted by molar-refractivity contribution is 0.280. The lowest BCUT2D eigenvalue weighted by atomic mass is 9.84. The Morgan fingerprint density at radius 2 is 2.06 bits per heavy atom. The molecule has 0 saturated heterocycles. The average Bonchev–Trinajstić information content (AvgIpc) is 2.38. The van der Waals surface area contributed by atoms with Gasteiger partial charge in [0.15, 0.2) is 0 Å². The van der Waals surface area contributed by atoms with Gasteiger partial charge in [0.05, 0.1) is 17.3 Å². The third-order valence-corrected chi connectivity index (χ3v) is 4.46. The van der Waals surface area contributed by atoms with E-state index in [1.807, 2.05) is 18.2 Å². The van der Waals surface area contributed by atoms with Crippen LogP contribution < -0.4 is 4.90 Å². The van der Waals surface area contributed by atoms with Crippen molar-refractivity contribution >= 4 is 17.3 Å². The number of hydrogen-bond acceptors (Lipinski definition) is 2. The fourth-order valence-electron chi connectivity index (χ4n) is 3.12. The van der Waals surface area contributed by atoms with Gasteiger partial charge in [-0.15, -0.1) is 0 Å². The van der Waals surface area contributed by atoms with E-state index >= 15 is 0 Å². The molecule has 1 fully saturated rings. The molecular weight excluding hydrogens is 246 g/mol. The van der Waals surface area contributed by atoms with Crippen LogP contribution in [0.5, 0.6) is 0 Å². The average molecular weight is 268 g/mol. The molecular formula is C15H22ClNO. The van der Waals surface area contributed by atoms with Crippen molar-refractivity contribution in [3.05, 3.63) is 28.8 Å². The van der Waals surface area contributed by atoms with E-state index in [4.69, 9.17) is 11.6 Å². The summed E-state index contributed by atoms with van der Waals surface area (Å²) in [5, 5.41) is 10.2. The number of halogens is 1. The molecule has 3 heteroatoms. The van der Waals surface area contributed by atoms with Crippen LogP contribution >= 0.6 is 11.6 Å². The minimum absolute atomic E-state index is 0.0430. The molecule has 2 nitrogen and oxygen atoms in total. The minimum atomic E-state index is 0.0430. The number of anilines is 1. The molecule has 0 radical (unpaired) electrons. The number of nitrogens with zero attached hydrogens (tertiary/aromatic N) is 1. The van der Waals surface area contributed by atoms with Gasteiger partial charge in [-0.1, -0.05) is 43.5 Å². The third kappa shape index (κ3) is 2.65. The van der Waals surface area contributed by atoms with E-state index in [1.165, 1.54) is 25.7 Å². The van der Waals surface area contributed by atoms with Gasteiger partial charge in [0.1, 0.15) is 0 Å². The standard InChI is InChI=1S/C15H22ClNO/c1-11-6-3-4-9-14(11)17(2)15-12(10-18)7-5-8-13(15)16/h5,7-8,11,14,18H,3-4,6,9-10H2,1-2H3. The number of aliphatic hydroxyl groups is 1. The van der Waals surface area contributed by atoms with Crippen LogP contribution in [-0.2, 0) is 6.61 Å². The van der Waals surface area contributed by atoms with Crippen molar-refractivity contribution in [1.29, 1.82) is 0 Å². The zero-order valence-electron chi connectivity index (χ0n) is 11.2. The lowest BCUT2D eigenvalue weighted by Crippen LogP contribution is -2.39. The monoisotopic (exact) mass is 267 g/mol. The second-order valence-electron chi connectivity index (χ2n) is 5.35. The third-order valence-electron chi connectivity index (χ3n) is 4.16. The molecule has 18 heavy (non-hydrogen) atoms. The maximum atomic E-state index is 9.47.